The van der Waals surface area contributed by atoms with Crippen molar-refractivity contribution in [1.29, 1.82) is 0 Å². The number of H-pyrrole nitrogens is 2. The highest BCUT2D eigenvalue weighted by atomic mass is 16.2. The molecular weight excluding hydrogens is 266 g/mol. The van der Waals surface area contributed by atoms with E-state index < -0.39 is 11.1 Å². The maximum absolute atomic E-state index is 11.4. The van der Waals surface area contributed by atoms with Crippen molar-refractivity contribution in [3.8, 4) is 0 Å². The number of nitrogens with one attached hydrogen (secondary N) is 3. The Morgan fingerprint density at radius 1 is 1.05 bits per heavy atom. The maximum atomic E-state index is 11.4. The van der Waals surface area contributed by atoms with Crippen LogP contribution in [0.15, 0.2) is 27.8 Å². The van der Waals surface area contributed by atoms with Crippen LogP contribution in [0.25, 0.3) is 11.0 Å². The molecule has 3 atom stereocenters. The molecule has 3 rings (SSSR count). The van der Waals surface area contributed by atoms with E-state index in [1.165, 1.54) is 19.3 Å². The molecule has 21 heavy (non-hydrogen) atoms. The lowest BCUT2D eigenvalue weighted by atomic mass is 9.80. The van der Waals surface area contributed by atoms with E-state index in [-0.39, 0.29) is 0 Å². The molecule has 5 nitrogen and oxygen atoms in total. The number of fused-ring (bicyclic) bond motifs is 1. The topological polar surface area (TPSA) is 77.8 Å². The number of aromatic nitrogens is 2. The second-order valence-corrected chi connectivity index (χ2v) is 6.31. The molecule has 1 aromatic carbocycles. The fourth-order valence-electron chi connectivity index (χ4n) is 3.30. The molecule has 0 spiro atoms. The average Bonchev–Trinajstić information content (AvgIpc) is 2.43. The van der Waals surface area contributed by atoms with Gasteiger partial charge in [0, 0.05) is 11.7 Å². The smallest absolute Gasteiger partial charge is 0.314 e. The van der Waals surface area contributed by atoms with Gasteiger partial charge < -0.3 is 15.3 Å². The van der Waals surface area contributed by atoms with Gasteiger partial charge in [0.1, 0.15) is 0 Å². The molecule has 0 amide bonds. The first-order valence-corrected chi connectivity index (χ1v) is 7.56. The molecule has 0 radical (unpaired) electrons. The molecular formula is C16H21N3O2. The van der Waals surface area contributed by atoms with Crippen molar-refractivity contribution in [1.82, 2.24) is 9.97 Å². The summed E-state index contributed by atoms with van der Waals surface area (Å²) in [5.41, 5.74) is 1.06. The van der Waals surface area contributed by atoms with Gasteiger partial charge in [-0.05, 0) is 49.3 Å². The van der Waals surface area contributed by atoms with Crippen LogP contribution in [0.4, 0.5) is 5.69 Å². The number of hydrogen-bond donors (Lipinski definition) is 3. The van der Waals surface area contributed by atoms with Crippen LogP contribution >= 0.6 is 0 Å². The van der Waals surface area contributed by atoms with Crippen LogP contribution in [-0.4, -0.2) is 16.0 Å². The van der Waals surface area contributed by atoms with E-state index in [1.54, 1.807) is 0 Å². The van der Waals surface area contributed by atoms with Gasteiger partial charge in [-0.25, -0.2) is 0 Å². The van der Waals surface area contributed by atoms with Gasteiger partial charge >= 0.3 is 11.1 Å². The monoisotopic (exact) mass is 287 g/mol. The van der Waals surface area contributed by atoms with Crippen LogP contribution < -0.4 is 16.4 Å². The molecule has 0 bridgehead atoms. The van der Waals surface area contributed by atoms with E-state index in [2.05, 4.69) is 29.1 Å². The van der Waals surface area contributed by atoms with Crippen molar-refractivity contribution in [2.24, 2.45) is 11.8 Å². The van der Waals surface area contributed by atoms with Gasteiger partial charge in [0.25, 0.3) is 0 Å². The highest BCUT2D eigenvalue weighted by Crippen LogP contribution is 2.31. The number of hydrogen-bond acceptors (Lipinski definition) is 3. The summed E-state index contributed by atoms with van der Waals surface area (Å²) in [4.78, 5) is 27.9. The third kappa shape index (κ3) is 2.86. The van der Waals surface area contributed by atoms with E-state index in [0.717, 1.165) is 11.6 Å². The van der Waals surface area contributed by atoms with Crippen LogP contribution in [0.3, 0.4) is 0 Å². The SMILES string of the molecule is CC1CCC(Nc2ccc3[nH]c(=O)c(=O)[nH]c3c2)C(C)C1. The second-order valence-electron chi connectivity index (χ2n) is 6.31. The first-order chi connectivity index (χ1) is 10.0. The van der Waals surface area contributed by atoms with Gasteiger partial charge in [-0.1, -0.05) is 13.8 Å². The highest BCUT2D eigenvalue weighted by Gasteiger charge is 2.25. The molecule has 0 saturated heterocycles. The van der Waals surface area contributed by atoms with Crippen LogP contribution in [0.1, 0.15) is 33.1 Å². The van der Waals surface area contributed by atoms with Gasteiger partial charge in [-0.2, -0.15) is 0 Å². The van der Waals surface area contributed by atoms with Crippen LogP contribution in [0.2, 0.25) is 0 Å². The molecule has 1 aromatic heterocycles. The van der Waals surface area contributed by atoms with E-state index in [4.69, 9.17) is 0 Å². The lowest BCUT2D eigenvalue weighted by Crippen LogP contribution is -2.33. The van der Waals surface area contributed by atoms with Crippen molar-refractivity contribution >= 4 is 16.7 Å². The molecule has 3 N–H and O–H groups in total. The highest BCUT2D eigenvalue weighted by molar-refractivity contribution is 5.78. The summed E-state index contributed by atoms with van der Waals surface area (Å²) in [5, 5.41) is 3.56. The zero-order chi connectivity index (χ0) is 15.0. The van der Waals surface area contributed by atoms with Crippen molar-refractivity contribution in [3.05, 3.63) is 38.9 Å². The number of anilines is 1. The lowest BCUT2D eigenvalue weighted by Gasteiger charge is -2.33. The molecule has 0 aliphatic heterocycles. The van der Waals surface area contributed by atoms with Crippen molar-refractivity contribution in [2.45, 2.75) is 39.2 Å². The molecule has 3 unspecified atom stereocenters. The first kappa shape index (κ1) is 13.9. The molecule has 5 heteroatoms. The molecule has 1 saturated carbocycles. The quantitative estimate of drug-likeness (QED) is 0.742. The Hall–Kier alpha value is -2.04. The zero-order valence-electron chi connectivity index (χ0n) is 12.4. The van der Waals surface area contributed by atoms with E-state index in [0.29, 0.717) is 23.0 Å². The molecule has 1 fully saturated rings. The maximum Gasteiger partial charge on any atom is 0.314 e. The standard InChI is InChI=1S/C16H21N3O2/c1-9-3-5-12(10(2)7-9)17-11-4-6-13-14(8-11)19-16(21)15(20)18-13/h4,6,8-10,12,17H,3,5,7H2,1-2H3,(H,18,20)(H,19,21). The van der Waals surface area contributed by atoms with E-state index in [9.17, 15) is 9.59 Å². The predicted molar refractivity (Wildman–Crippen MR) is 84.8 cm³/mol. The Balaban J connectivity index is 1.86. The van der Waals surface area contributed by atoms with Gasteiger partial charge in [0.05, 0.1) is 11.0 Å². The van der Waals surface area contributed by atoms with Crippen LogP contribution in [-0.2, 0) is 0 Å². The van der Waals surface area contributed by atoms with Crippen molar-refractivity contribution in [2.75, 3.05) is 5.32 Å². The molecule has 112 valence electrons. The van der Waals surface area contributed by atoms with Gasteiger partial charge in [0.15, 0.2) is 0 Å². The first-order valence-electron chi connectivity index (χ1n) is 7.56. The van der Waals surface area contributed by atoms with Gasteiger partial charge in [0.2, 0.25) is 0 Å². The third-order valence-electron chi connectivity index (χ3n) is 4.51. The second kappa shape index (κ2) is 5.39. The summed E-state index contributed by atoms with van der Waals surface area (Å²) in [5.74, 6) is 1.44. The summed E-state index contributed by atoms with van der Waals surface area (Å²) in [6.07, 6.45) is 3.66. The average molecular weight is 287 g/mol. The Bertz CT molecular complexity index is 762. The van der Waals surface area contributed by atoms with Crippen LogP contribution in [0, 0.1) is 11.8 Å². The Morgan fingerprint density at radius 2 is 1.76 bits per heavy atom. The summed E-state index contributed by atoms with van der Waals surface area (Å²) >= 11 is 0. The number of benzene rings is 1. The summed E-state index contributed by atoms with van der Waals surface area (Å²) < 4.78 is 0. The summed E-state index contributed by atoms with van der Waals surface area (Å²) in [6, 6.07) is 6.12. The van der Waals surface area contributed by atoms with E-state index in [1.807, 2.05) is 18.2 Å². The Kier molecular flexibility index (Phi) is 3.57. The van der Waals surface area contributed by atoms with Crippen molar-refractivity contribution in [3.63, 3.8) is 0 Å². The van der Waals surface area contributed by atoms with Crippen LogP contribution in [0.5, 0.6) is 0 Å². The molecule has 1 heterocycles. The minimum atomic E-state index is -0.613. The predicted octanol–water partition coefficient (Wildman–Crippen LogP) is 2.45. The molecule has 1 aliphatic rings. The number of rotatable bonds is 2. The minimum absolute atomic E-state index is 0.466. The van der Waals surface area contributed by atoms with Gasteiger partial charge in [-0.15, -0.1) is 0 Å². The zero-order valence-corrected chi connectivity index (χ0v) is 12.4. The summed E-state index contributed by atoms with van der Waals surface area (Å²) in [6.45, 7) is 4.59. The molecule has 1 aliphatic carbocycles. The Labute approximate surface area is 122 Å². The normalized spacial score (nSPS) is 25.9. The van der Waals surface area contributed by atoms with Gasteiger partial charge in [-0.3, -0.25) is 9.59 Å². The molecule has 2 aromatic rings. The fraction of sp³-hybridized carbons (Fsp3) is 0.500. The Morgan fingerprint density at radius 3 is 2.48 bits per heavy atom. The minimum Gasteiger partial charge on any atom is -0.382 e. The van der Waals surface area contributed by atoms with Crippen molar-refractivity contribution < 1.29 is 0 Å². The summed E-state index contributed by atoms with van der Waals surface area (Å²) in [7, 11) is 0. The number of aromatic amines is 2. The lowest BCUT2D eigenvalue weighted by molar-refractivity contribution is 0.276. The van der Waals surface area contributed by atoms with E-state index >= 15 is 0 Å². The fourth-order valence-corrected chi connectivity index (χ4v) is 3.30. The third-order valence-corrected chi connectivity index (χ3v) is 4.51. The largest absolute Gasteiger partial charge is 0.382 e.